The van der Waals surface area contributed by atoms with Gasteiger partial charge in [-0.1, -0.05) is 33.6 Å². The van der Waals surface area contributed by atoms with Crippen molar-refractivity contribution >= 4 is 12.0 Å². The van der Waals surface area contributed by atoms with Crippen LogP contribution in [0, 0.1) is 5.92 Å². The lowest BCUT2D eigenvalue weighted by molar-refractivity contribution is -0.123. The van der Waals surface area contributed by atoms with Crippen LogP contribution >= 0.6 is 0 Å². The van der Waals surface area contributed by atoms with E-state index in [2.05, 4.69) is 31.4 Å². The Morgan fingerprint density at radius 3 is 2.24 bits per heavy atom. The first-order valence-electron chi connectivity index (χ1n) is 7.93. The molecule has 0 aromatic carbocycles. The zero-order valence-corrected chi connectivity index (χ0v) is 14.4. The average molecular weight is 300 g/mol. The third kappa shape index (κ3) is 11.1. The summed E-state index contributed by atoms with van der Waals surface area (Å²) in [7, 11) is 0. The van der Waals surface area contributed by atoms with Gasteiger partial charge in [0.15, 0.2) is 0 Å². The molecule has 0 aromatic rings. The molecule has 0 aliphatic carbocycles. The summed E-state index contributed by atoms with van der Waals surface area (Å²) in [4.78, 5) is 24.0. The molecule has 0 saturated carbocycles. The summed E-state index contributed by atoms with van der Waals surface area (Å²) in [6, 6.07) is -0.521. The Hall–Kier alpha value is -1.26. The first-order valence-corrected chi connectivity index (χ1v) is 7.93. The summed E-state index contributed by atoms with van der Waals surface area (Å²) < 4.78 is 5.21. The predicted octanol–water partition coefficient (Wildman–Crippen LogP) is 3.23. The molecule has 0 aromatic heterocycles. The normalized spacial score (nSPS) is 12.9. The fourth-order valence-electron chi connectivity index (χ4n) is 1.73. The van der Waals surface area contributed by atoms with E-state index in [-0.39, 0.29) is 5.91 Å². The quantitative estimate of drug-likeness (QED) is 0.723. The summed E-state index contributed by atoms with van der Waals surface area (Å²) in [6.07, 6.45) is 2.88. The van der Waals surface area contributed by atoms with E-state index in [1.807, 2.05) is 0 Å². The molecule has 5 heteroatoms. The van der Waals surface area contributed by atoms with E-state index in [0.29, 0.717) is 18.9 Å². The molecule has 0 heterocycles. The van der Waals surface area contributed by atoms with Gasteiger partial charge in [-0.2, -0.15) is 0 Å². The van der Waals surface area contributed by atoms with Crippen LogP contribution in [0.25, 0.3) is 0 Å². The summed E-state index contributed by atoms with van der Waals surface area (Å²) in [5.41, 5.74) is -0.562. The Kier molecular flexibility index (Phi) is 9.06. The number of amides is 2. The lowest BCUT2D eigenvalue weighted by Gasteiger charge is -2.23. The zero-order chi connectivity index (χ0) is 16.5. The highest BCUT2D eigenvalue weighted by molar-refractivity contribution is 5.85. The van der Waals surface area contributed by atoms with E-state index in [9.17, 15) is 9.59 Å². The van der Waals surface area contributed by atoms with Gasteiger partial charge in [-0.25, -0.2) is 4.79 Å². The van der Waals surface area contributed by atoms with Crippen LogP contribution in [0.5, 0.6) is 0 Å². The highest BCUT2D eigenvalue weighted by atomic mass is 16.6. The highest BCUT2D eigenvalue weighted by Gasteiger charge is 2.23. The van der Waals surface area contributed by atoms with E-state index in [4.69, 9.17) is 4.74 Å². The van der Waals surface area contributed by atoms with E-state index in [1.54, 1.807) is 20.8 Å². The SMILES string of the molecule is CCCC[C@@H](NC(=O)OC(C)(C)C)C(=O)NCCC(C)C. The Morgan fingerprint density at radius 2 is 1.76 bits per heavy atom. The van der Waals surface area contributed by atoms with Crippen LogP contribution in [-0.2, 0) is 9.53 Å². The molecular weight excluding hydrogens is 268 g/mol. The summed E-state index contributed by atoms with van der Waals surface area (Å²) in [6.45, 7) is 12.3. The number of carbonyl (C=O) groups is 2. The molecule has 0 fully saturated rings. The Balaban J connectivity index is 4.42. The highest BCUT2D eigenvalue weighted by Crippen LogP contribution is 2.08. The molecule has 2 amide bonds. The molecule has 5 nitrogen and oxygen atoms in total. The van der Waals surface area contributed by atoms with E-state index < -0.39 is 17.7 Å². The second-order valence-corrected chi connectivity index (χ2v) is 6.81. The lowest BCUT2D eigenvalue weighted by atomic mass is 10.1. The van der Waals surface area contributed by atoms with Crippen molar-refractivity contribution in [3.05, 3.63) is 0 Å². The van der Waals surface area contributed by atoms with Crippen molar-refractivity contribution in [1.29, 1.82) is 0 Å². The van der Waals surface area contributed by atoms with Gasteiger partial charge in [-0.05, 0) is 39.5 Å². The van der Waals surface area contributed by atoms with Crippen LogP contribution in [0.3, 0.4) is 0 Å². The fourth-order valence-corrected chi connectivity index (χ4v) is 1.73. The van der Waals surface area contributed by atoms with E-state index >= 15 is 0 Å². The summed E-state index contributed by atoms with van der Waals surface area (Å²) in [5.74, 6) is 0.410. The van der Waals surface area contributed by atoms with Crippen LogP contribution in [-0.4, -0.2) is 30.2 Å². The molecular formula is C16H32N2O3. The second kappa shape index (κ2) is 9.64. The maximum Gasteiger partial charge on any atom is 0.408 e. The zero-order valence-electron chi connectivity index (χ0n) is 14.4. The maximum atomic E-state index is 12.2. The topological polar surface area (TPSA) is 67.4 Å². The van der Waals surface area contributed by atoms with Crippen molar-refractivity contribution in [2.45, 2.75) is 78.9 Å². The molecule has 2 N–H and O–H groups in total. The van der Waals surface area contributed by atoms with Gasteiger partial charge in [0, 0.05) is 6.54 Å². The third-order valence-electron chi connectivity index (χ3n) is 2.87. The number of hydrogen-bond donors (Lipinski definition) is 2. The standard InChI is InChI=1S/C16H32N2O3/c1-7-8-9-13(14(19)17-11-10-12(2)3)18-15(20)21-16(4,5)6/h12-13H,7-11H2,1-6H3,(H,17,19)(H,18,20)/t13-/m1/s1. The largest absolute Gasteiger partial charge is 0.444 e. The number of alkyl carbamates (subject to hydrolysis) is 1. The Morgan fingerprint density at radius 1 is 1.14 bits per heavy atom. The smallest absolute Gasteiger partial charge is 0.408 e. The minimum atomic E-state index is -0.562. The van der Waals surface area contributed by atoms with Crippen molar-refractivity contribution < 1.29 is 14.3 Å². The number of carbonyl (C=O) groups excluding carboxylic acids is 2. The van der Waals surface area contributed by atoms with Crippen molar-refractivity contribution in [2.75, 3.05) is 6.54 Å². The molecule has 0 rings (SSSR count). The lowest BCUT2D eigenvalue weighted by Crippen LogP contribution is -2.48. The minimum Gasteiger partial charge on any atom is -0.444 e. The molecule has 124 valence electrons. The van der Waals surface area contributed by atoms with Crippen molar-refractivity contribution in [3.63, 3.8) is 0 Å². The molecule has 0 saturated heterocycles. The number of rotatable bonds is 8. The first-order chi connectivity index (χ1) is 9.65. The molecule has 0 bridgehead atoms. The van der Waals surface area contributed by atoms with Gasteiger partial charge in [0.2, 0.25) is 5.91 Å². The van der Waals surface area contributed by atoms with Crippen LogP contribution in [0.2, 0.25) is 0 Å². The van der Waals surface area contributed by atoms with Crippen molar-refractivity contribution in [2.24, 2.45) is 5.92 Å². The van der Waals surface area contributed by atoms with Gasteiger partial charge in [-0.15, -0.1) is 0 Å². The van der Waals surface area contributed by atoms with Crippen LogP contribution in [0.4, 0.5) is 4.79 Å². The van der Waals surface area contributed by atoms with Crippen molar-refractivity contribution in [3.8, 4) is 0 Å². The van der Waals surface area contributed by atoms with Crippen LogP contribution in [0.1, 0.15) is 67.2 Å². The fraction of sp³-hybridized carbons (Fsp3) is 0.875. The Labute approximate surface area is 129 Å². The molecule has 1 atom stereocenters. The molecule has 0 aliphatic heterocycles. The van der Waals surface area contributed by atoms with Gasteiger partial charge in [0.25, 0.3) is 0 Å². The monoisotopic (exact) mass is 300 g/mol. The molecule has 0 spiro atoms. The predicted molar refractivity (Wildman–Crippen MR) is 85.1 cm³/mol. The van der Waals surface area contributed by atoms with E-state index in [0.717, 1.165) is 19.3 Å². The number of hydrogen-bond acceptors (Lipinski definition) is 3. The van der Waals surface area contributed by atoms with Crippen LogP contribution in [0.15, 0.2) is 0 Å². The number of nitrogens with one attached hydrogen (secondary N) is 2. The molecule has 21 heavy (non-hydrogen) atoms. The van der Waals surface area contributed by atoms with Gasteiger partial charge in [-0.3, -0.25) is 4.79 Å². The van der Waals surface area contributed by atoms with Gasteiger partial charge in [0.1, 0.15) is 11.6 Å². The van der Waals surface area contributed by atoms with E-state index in [1.165, 1.54) is 0 Å². The van der Waals surface area contributed by atoms with Crippen LogP contribution < -0.4 is 10.6 Å². The summed E-state index contributed by atoms with van der Waals surface area (Å²) >= 11 is 0. The maximum absolute atomic E-state index is 12.2. The average Bonchev–Trinajstić information content (AvgIpc) is 2.31. The molecule has 0 aliphatic rings. The van der Waals surface area contributed by atoms with Crippen molar-refractivity contribution in [1.82, 2.24) is 10.6 Å². The molecule has 0 radical (unpaired) electrons. The first kappa shape index (κ1) is 19.7. The second-order valence-electron chi connectivity index (χ2n) is 6.81. The Bertz CT molecular complexity index is 322. The number of unbranched alkanes of at least 4 members (excludes halogenated alkanes) is 1. The number of ether oxygens (including phenoxy) is 1. The summed E-state index contributed by atoms with van der Waals surface area (Å²) in [5, 5.41) is 5.56. The van der Waals surface area contributed by atoms with Gasteiger partial charge in [0.05, 0.1) is 0 Å². The minimum absolute atomic E-state index is 0.130. The third-order valence-corrected chi connectivity index (χ3v) is 2.87. The van der Waals surface area contributed by atoms with Gasteiger partial charge >= 0.3 is 6.09 Å². The molecule has 0 unspecified atom stereocenters. The van der Waals surface area contributed by atoms with Gasteiger partial charge < -0.3 is 15.4 Å².